The number of hydrogen-bond donors (Lipinski definition) is 1. The van der Waals surface area contributed by atoms with Crippen LogP contribution >= 0.6 is 11.6 Å². The number of fused-ring (bicyclic) bond motifs is 1. The molecule has 1 amide bonds. The molecule has 2 aromatic rings. The zero-order valence-electron chi connectivity index (χ0n) is 20.2. The monoisotopic (exact) mass is 524 g/mol. The van der Waals surface area contributed by atoms with Gasteiger partial charge >= 0.3 is 11.9 Å². The summed E-state index contributed by atoms with van der Waals surface area (Å²) in [6, 6.07) is 8.15. The van der Waals surface area contributed by atoms with Crippen molar-refractivity contribution >= 4 is 50.2 Å². The second-order valence-electron chi connectivity index (χ2n) is 9.70. The zero-order valence-corrected chi connectivity index (χ0v) is 21.8. The molecule has 1 aliphatic heterocycles. The summed E-state index contributed by atoms with van der Waals surface area (Å²) in [6.45, 7) is 5.88. The lowest BCUT2D eigenvalue weighted by molar-refractivity contribution is -0.164. The predicted molar refractivity (Wildman–Crippen MR) is 130 cm³/mol. The van der Waals surface area contributed by atoms with Crippen LogP contribution in [0.4, 0.5) is 0 Å². The summed E-state index contributed by atoms with van der Waals surface area (Å²) in [5, 5.41) is 11.8. The Bertz CT molecular complexity index is 1290. The molecule has 0 saturated carbocycles. The Balaban J connectivity index is 2.07. The summed E-state index contributed by atoms with van der Waals surface area (Å²) in [7, 11) is -3.22. The third kappa shape index (κ3) is 4.74. The van der Waals surface area contributed by atoms with Crippen molar-refractivity contribution in [3.8, 4) is 0 Å². The lowest BCUT2D eigenvalue weighted by atomic mass is 9.73. The van der Waals surface area contributed by atoms with Gasteiger partial charge in [-0.15, -0.1) is 0 Å². The lowest BCUT2D eigenvalue weighted by Crippen LogP contribution is -2.62. The van der Waals surface area contributed by atoms with Crippen molar-refractivity contribution in [2.75, 3.05) is 20.2 Å². The highest BCUT2D eigenvalue weighted by Crippen LogP contribution is 2.40. The van der Waals surface area contributed by atoms with Gasteiger partial charge in [-0.3, -0.25) is 9.59 Å². The Labute approximate surface area is 209 Å². The Morgan fingerprint density at radius 1 is 1.14 bits per heavy atom. The van der Waals surface area contributed by atoms with E-state index in [1.165, 1.54) is 24.0 Å². The van der Waals surface area contributed by atoms with Gasteiger partial charge in [0.2, 0.25) is 15.9 Å². The fourth-order valence-electron chi connectivity index (χ4n) is 4.26. The molecule has 1 aliphatic rings. The van der Waals surface area contributed by atoms with Gasteiger partial charge in [0.25, 0.3) is 0 Å². The first-order valence-electron chi connectivity index (χ1n) is 11.0. The van der Waals surface area contributed by atoms with Gasteiger partial charge in [-0.2, -0.15) is 4.31 Å². The van der Waals surface area contributed by atoms with E-state index in [-0.39, 0.29) is 17.9 Å². The Morgan fingerprint density at radius 2 is 1.74 bits per heavy atom. The molecule has 1 fully saturated rings. The number of carbonyl (C=O) groups is 3. The van der Waals surface area contributed by atoms with Crippen molar-refractivity contribution < 1.29 is 32.6 Å². The van der Waals surface area contributed by atoms with E-state index < -0.39 is 51.4 Å². The van der Waals surface area contributed by atoms with Crippen LogP contribution < -0.4 is 0 Å². The van der Waals surface area contributed by atoms with Crippen molar-refractivity contribution in [1.82, 2.24) is 9.21 Å². The van der Waals surface area contributed by atoms with E-state index in [9.17, 15) is 27.9 Å². The van der Waals surface area contributed by atoms with Crippen LogP contribution in [0.25, 0.3) is 10.8 Å². The zero-order chi connectivity index (χ0) is 26.3. The molecular weight excluding hydrogens is 496 g/mol. The highest BCUT2D eigenvalue weighted by atomic mass is 35.5. The maximum Gasteiger partial charge on any atom is 0.329 e. The molecule has 1 N–H and O–H groups in total. The van der Waals surface area contributed by atoms with E-state index in [4.69, 9.17) is 16.3 Å². The van der Waals surface area contributed by atoms with Crippen LogP contribution in [-0.4, -0.2) is 72.4 Å². The average Bonchev–Trinajstić information content (AvgIpc) is 3.16. The fourth-order valence-corrected chi connectivity index (χ4v) is 6.04. The molecule has 1 saturated heterocycles. The van der Waals surface area contributed by atoms with Crippen LogP contribution in [0.15, 0.2) is 41.3 Å². The Morgan fingerprint density at radius 3 is 2.31 bits per heavy atom. The molecule has 1 heterocycles. The number of amides is 1. The first kappa shape index (κ1) is 26.9. The molecule has 0 bridgehead atoms. The maximum atomic E-state index is 13.7. The van der Waals surface area contributed by atoms with E-state index >= 15 is 0 Å². The summed E-state index contributed by atoms with van der Waals surface area (Å²) in [5.74, 6) is -2.72. The summed E-state index contributed by atoms with van der Waals surface area (Å²) in [5.41, 5.74) is -2.45. The summed E-state index contributed by atoms with van der Waals surface area (Å²) in [4.78, 5) is 39.1. The predicted octanol–water partition coefficient (Wildman–Crippen LogP) is 3.15. The number of halogens is 1. The van der Waals surface area contributed by atoms with Crippen LogP contribution in [0, 0.1) is 5.41 Å². The minimum Gasteiger partial charge on any atom is -0.479 e. The second kappa shape index (κ2) is 9.40. The van der Waals surface area contributed by atoms with Gasteiger partial charge < -0.3 is 14.7 Å². The number of carbonyl (C=O) groups excluding carboxylic acids is 2. The second-order valence-corrected chi connectivity index (χ2v) is 12.0. The smallest absolute Gasteiger partial charge is 0.329 e. The number of nitrogens with zero attached hydrogens (tertiary/aromatic N) is 2. The van der Waals surface area contributed by atoms with Crippen molar-refractivity contribution in [1.29, 1.82) is 0 Å². The lowest BCUT2D eigenvalue weighted by Gasteiger charge is -2.45. The molecule has 190 valence electrons. The molecule has 0 radical (unpaired) electrons. The Kier molecular flexibility index (Phi) is 7.23. The molecule has 2 aromatic carbocycles. The topological polar surface area (TPSA) is 121 Å². The van der Waals surface area contributed by atoms with Gasteiger partial charge in [0, 0.05) is 11.6 Å². The fraction of sp³-hybridized carbons (Fsp3) is 0.458. The van der Waals surface area contributed by atoms with E-state index in [0.29, 0.717) is 10.4 Å². The standard InChI is InChI=1S/C24H29ClN2O7S/c1-23(2,3)24(4,22(30)31)26-11-10-19(21(26)29)27(14-20(28)34-5)35(32,33)18-9-7-15-12-17(25)8-6-16(15)13-18/h6-9,12-13,19H,10-11,14H2,1-5H3,(H,30,31)/t19-,24+/m0/s1. The molecule has 2 atom stereocenters. The molecule has 0 unspecified atom stereocenters. The van der Waals surface area contributed by atoms with Gasteiger partial charge in [0.15, 0.2) is 0 Å². The van der Waals surface area contributed by atoms with Crippen LogP contribution in [-0.2, 0) is 29.1 Å². The molecule has 0 aliphatic carbocycles. The molecule has 3 rings (SSSR count). The number of carboxylic acids is 1. The Hall–Kier alpha value is -2.69. The van der Waals surface area contributed by atoms with Crippen LogP contribution in [0.3, 0.4) is 0 Å². The van der Waals surface area contributed by atoms with Gasteiger partial charge in [0.05, 0.1) is 12.0 Å². The van der Waals surface area contributed by atoms with Gasteiger partial charge in [-0.05, 0) is 53.8 Å². The number of sulfonamides is 1. The normalized spacial score (nSPS) is 18.7. The van der Waals surface area contributed by atoms with Crippen molar-refractivity contribution in [3.63, 3.8) is 0 Å². The number of esters is 1. The number of benzene rings is 2. The van der Waals surface area contributed by atoms with Crippen LogP contribution in [0.1, 0.15) is 34.1 Å². The number of likely N-dealkylation sites (tertiary alicyclic amines) is 1. The van der Waals surface area contributed by atoms with E-state index in [1.807, 2.05) is 0 Å². The van der Waals surface area contributed by atoms with Crippen LogP contribution in [0.5, 0.6) is 0 Å². The minimum absolute atomic E-state index is 0.0208. The highest BCUT2D eigenvalue weighted by molar-refractivity contribution is 7.89. The quantitative estimate of drug-likeness (QED) is 0.552. The number of ether oxygens (including phenoxy) is 1. The average molecular weight is 525 g/mol. The first-order valence-corrected chi connectivity index (χ1v) is 12.8. The first-order chi connectivity index (χ1) is 16.1. The van der Waals surface area contributed by atoms with E-state index in [2.05, 4.69) is 0 Å². The highest BCUT2D eigenvalue weighted by Gasteiger charge is 2.56. The molecule has 11 heteroatoms. The molecular formula is C24H29ClN2O7S. The number of carboxylic acid groups (broad SMARTS) is 1. The third-order valence-electron chi connectivity index (χ3n) is 6.83. The van der Waals surface area contributed by atoms with Crippen molar-refractivity contribution in [3.05, 3.63) is 41.4 Å². The summed E-state index contributed by atoms with van der Waals surface area (Å²) >= 11 is 6.02. The van der Waals surface area contributed by atoms with Crippen LogP contribution in [0.2, 0.25) is 5.02 Å². The van der Waals surface area contributed by atoms with E-state index in [0.717, 1.165) is 16.8 Å². The van der Waals surface area contributed by atoms with Gasteiger partial charge in [0.1, 0.15) is 18.1 Å². The van der Waals surface area contributed by atoms with Crippen molar-refractivity contribution in [2.24, 2.45) is 5.41 Å². The van der Waals surface area contributed by atoms with Gasteiger partial charge in [-0.1, -0.05) is 44.5 Å². The van der Waals surface area contributed by atoms with Crippen molar-refractivity contribution in [2.45, 2.75) is 50.6 Å². The molecule has 0 spiro atoms. The largest absolute Gasteiger partial charge is 0.479 e. The SMILES string of the molecule is COC(=O)CN([C@H]1CCN([C@](C)(C(=O)O)C(C)(C)C)C1=O)S(=O)(=O)c1ccc2cc(Cl)ccc2c1. The number of aliphatic carboxylic acids is 1. The number of methoxy groups -OCH3 is 1. The molecule has 0 aromatic heterocycles. The maximum absolute atomic E-state index is 13.7. The van der Waals surface area contributed by atoms with E-state index in [1.54, 1.807) is 45.0 Å². The molecule has 35 heavy (non-hydrogen) atoms. The third-order valence-corrected chi connectivity index (χ3v) is 8.92. The number of rotatable bonds is 7. The summed E-state index contributed by atoms with van der Waals surface area (Å²) in [6.07, 6.45) is 0.0250. The minimum atomic E-state index is -4.34. The summed E-state index contributed by atoms with van der Waals surface area (Å²) < 4.78 is 32.9. The molecule has 9 nitrogen and oxygen atoms in total. The number of hydrogen-bond acceptors (Lipinski definition) is 6. The van der Waals surface area contributed by atoms with Gasteiger partial charge in [-0.25, -0.2) is 13.2 Å².